The van der Waals surface area contributed by atoms with Crippen molar-refractivity contribution >= 4 is 0 Å². The number of hydrogen-bond acceptors (Lipinski definition) is 4. The summed E-state index contributed by atoms with van der Waals surface area (Å²) in [6.07, 6.45) is 4.26. The Balaban J connectivity index is 4.41. The molecule has 0 rings (SSSR count). The molecule has 0 saturated carbocycles. The van der Waals surface area contributed by atoms with Gasteiger partial charge in [-0.3, -0.25) is 4.90 Å². The van der Waals surface area contributed by atoms with Gasteiger partial charge in [0, 0.05) is 19.6 Å². The molecule has 0 bridgehead atoms. The summed E-state index contributed by atoms with van der Waals surface area (Å²) in [5, 5.41) is 28.0. The molecule has 0 heterocycles. The van der Waals surface area contributed by atoms with E-state index in [0.29, 0.717) is 32.5 Å². The standard InChI is InChI=1S/C12H23NO3/c1-3-5-12(16,6-4-2)11-13(7-9-14)8-10-15/h3-4,14-16H,1-2,5-11H2. The normalized spacial score (nSPS) is 11.8. The molecule has 4 nitrogen and oxygen atoms in total. The number of aliphatic hydroxyl groups is 3. The van der Waals surface area contributed by atoms with E-state index >= 15 is 0 Å². The van der Waals surface area contributed by atoms with Crippen molar-refractivity contribution in [2.75, 3.05) is 32.8 Å². The van der Waals surface area contributed by atoms with Gasteiger partial charge in [0.2, 0.25) is 0 Å². The highest BCUT2D eigenvalue weighted by Crippen LogP contribution is 2.18. The first-order valence-corrected chi connectivity index (χ1v) is 5.50. The summed E-state index contributed by atoms with van der Waals surface area (Å²) >= 11 is 0. The van der Waals surface area contributed by atoms with Crippen LogP contribution in [0.25, 0.3) is 0 Å². The number of aliphatic hydroxyl groups excluding tert-OH is 2. The molecule has 16 heavy (non-hydrogen) atoms. The van der Waals surface area contributed by atoms with E-state index in [1.807, 2.05) is 4.90 Å². The van der Waals surface area contributed by atoms with Crippen LogP contribution in [0, 0.1) is 0 Å². The summed E-state index contributed by atoms with van der Waals surface area (Å²) < 4.78 is 0. The summed E-state index contributed by atoms with van der Waals surface area (Å²) in [6, 6.07) is 0. The van der Waals surface area contributed by atoms with E-state index in [0.717, 1.165) is 0 Å². The molecule has 0 aromatic rings. The third-order valence-electron chi connectivity index (χ3n) is 2.40. The van der Waals surface area contributed by atoms with Gasteiger partial charge in [-0.05, 0) is 12.8 Å². The third-order valence-corrected chi connectivity index (χ3v) is 2.40. The molecule has 0 aliphatic rings. The van der Waals surface area contributed by atoms with E-state index in [1.165, 1.54) is 0 Å². The van der Waals surface area contributed by atoms with Crippen LogP contribution in [0.4, 0.5) is 0 Å². The van der Waals surface area contributed by atoms with E-state index < -0.39 is 5.60 Å². The topological polar surface area (TPSA) is 63.9 Å². The first-order chi connectivity index (χ1) is 7.61. The lowest BCUT2D eigenvalue weighted by Gasteiger charge is -2.32. The summed E-state index contributed by atoms with van der Waals surface area (Å²) in [5.41, 5.74) is -0.909. The maximum atomic E-state index is 10.3. The zero-order chi connectivity index (χ0) is 12.4. The largest absolute Gasteiger partial charge is 0.395 e. The van der Waals surface area contributed by atoms with Crippen molar-refractivity contribution in [2.45, 2.75) is 18.4 Å². The summed E-state index contributed by atoms with van der Waals surface area (Å²) in [6.45, 7) is 8.53. The van der Waals surface area contributed by atoms with E-state index in [9.17, 15) is 5.11 Å². The fourth-order valence-corrected chi connectivity index (χ4v) is 1.72. The molecule has 0 radical (unpaired) electrons. The molecular formula is C12H23NO3. The minimum atomic E-state index is -0.909. The molecule has 0 fully saturated rings. The van der Waals surface area contributed by atoms with E-state index in [2.05, 4.69) is 13.2 Å². The van der Waals surface area contributed by atoms with Gasteiger partial charge in [0.1, 0.15) is 0 Å². The van der Waals surface area contributed by atoms with Gasteiger partial charge in [0.25, 0.3) is 0 Å². The van der Waals surface area contributed by atoms with Crippen LogP contribution >= 0.6 is 0 Å². The Labute approximate surface area is 97.5 Å². The van der Waals surface area contributed by atoms with Crippen LogP contribution in [0.15, 0.2) is 25.3 Å². The Morgan fingerprint density at radius 2 is 1.44 bits per heavy atom. The Bertz CT molecular complexity index is 190. The molecule has 0 aliphatic heterocycles. The lowest BCUT2D eigenvalue weighted by molar-refractivity contribution is 0.000531. The fourth-order valence-electron chi connectivity index (χ4n) is 1.72. The molecule has 94 valence electrons. The van der Waals surface area contributed by atoms with Crippen LogP contribution in [0.1, 0.15) is 12.8 Å². The second kappa shape index (κ2) is 8.47. The zero-order valence-electron chi connectivity index (χ0n) is 9.81. The molecule has 0 atom stereocenters. The van der Waals surface area contributed by atoms with Crippen LogP contribution in [-0.2, 0) is 0 Å². The van der Waals surface area contributed by atoms with Crippen LogP contribution in [-0.4, -0.2) is 58.7 Å². The number of rotatable bonds is 10. The second-order valence-corrected chi connectivity index (χ2v) is 3.93. The zero-order valence-corrected chi connectivity index (χ0v) is 9.81. The fraction of sp³-hybridized carbons (Fsp3) is 0.667. The SMILES string of the molecule is C=CCC(O)(CC=C)CN(CCO)CCO. The van der Waals surface area contributed by atoms with Crippen molar-refractivity contribution < 1.29 is 15.3 Å². The highest BCUT2D eigenvalue weighted by Gasteiger charge is 2.26. The maximum absolute atomic E-state index is 10.3. The molecule has 0 amide bonds. The van der Waals surface area contributed by atoms with E-state index in [4.69, 9.17) is 10.2 Å². The van der Waals surface area contributed by atoms with Gasteiger partial charge < -0.3 is 15.3 Å². The lowest BCUT2D eigenvalue weighted by Crippen LogP contribution is -2.44. The Kier molecular flexibility index (Phi) is 8.11. The number of hydrogen-bond donors (Lipinski definition) is 3. The summed E-state index contributed by atoms with van der Waals surface area (Å²) in [5.74, 6) is 0. The molecule has 4 heteroatoms. The van der Waals surface area contributed by atoms with Gasteiger partial charge in [0.05, 0.1) is 18.8 Å². The minimum absolute atomic E-state index is 0.0122. The van der Waals surface area contributed by atoms with Crippen molar-refractivity contribution in [1.29, 1.82) is 0 Å². The predicted molar refractivity (Wildman–Crippen MR) is 65.2 cm³/mol. The van der Waals surface area contributed by atoms with Gasteiger partial charge in [-0.25, -0.2) is 0 Å². The average molecular weight is 229 g/mol. The molecule has 0 spiro atoms. The van der Waals surface area contributed by atoms with E-state index in [1.54, 1.807) is 12.2 Å². The number of nitrogens with zero attached hydrogens (tertiary/aromatic N) is 1. The smallest absolute Gasteiger partial charge is 0.0842 e. The average Bonchev–Trinajstić information content (AvgIpc) is 2.18. The molecule has 0 aromatic carbocycles. The van der Waals surface area contributed by atoms with E-state index in [-0.39, 0.29) is 13.2 Å². The molecule has 0 unspecified atom stereocenters. The Morgan fingerprint density at radius 3 is 1.75 bits per heavy atom. The van der Waals surface area contributed by atoms with Crippen LogP contribution in [0.5, 0.6) is 0 Å². The molecule has 0 aliphatic carbocycles. The van der Waals surface area contributed by atoms with Crippen molar-refractivity contribution in [3.63, 3.8) is 0 Å². The highest BCUT2D eigenvalue weighted by molar-refractivity contribution is 4.94. The Hall–Kier alpha value is -0.680. The first kappa shape index (κ1) is 15.3. The Morgan fingerprint density at radius 1 is 1.00 bits per heavy atom. The van der Waals surface area contributed by atoms with Gasteiger partial charge in [-0.2, -0.15) is 0 Å². The molecule has 3 N–H and O–H groups in total. The predicted octanol–water partition coefficient (Wildman–Crippen LogP) is 0.156. The molecular weight excluding hydrogens is 206 g/mol. The van der Waals surface area contributed by atoms with Crippen LogP contribution in [0.2, 0.25) is 0 Å². The van der Waals surface area contributed by atoms with Gasteiger partial charge in [-0.1, -0.05) is 12.2 Å². The third kappa shape index (κ3) is 6.02. The summed E-state index contributed by atoms with van der Waals surface area (Å²) in [4.78, 5) is 1.83. The van der Waals surface area contributed by atoms with Crippen molar-refractivity contribution in [2.24, 2.45) is 0 Å². The molecule has 0 saturated heterocycles. The van der Waals surface area contributed by atoms with Crippen molar-refractivity contribution in [3.8, 4) is 0 Å². The maximum Gasteiger partial charge on any atom is 0.0842 e. The van der Waals surface area contributed by atoms with Gasteiger partial charge in [-0.15, -0.1) is 13.2 Å². The minimum Gasteiger partial charge on any atom is -0.395 e. The lowest BCUT2D eigenvalue weighted by atomic mass is 9.94. The van der Waals surface area contributed by atoms with Crippen molar-refractivity contribution in [1.82, 2.24) is 4.90 Å². The van der Waals surface area contributed by atoms with Crippen LogP contribution < -0.4 is 0 Å². The van der Waals surface area contributed by atoms with Gasteiger partial charge >= 0.3 is 0 Å². The van der Waals surface area contributed by atoms with Crippen LogP contribution in [0.3, 0.4) is 0 Å². The quantitative estimate of drug-likeness (QED) is 0.467. The monoisotopic (exact) mass is 229 g/mol. The summed E-state index contributed by atoms with van der Waals surface area (Å²) in [7, 11) is 0. The highest BCUT2D eigenvalue weighted by atomic mass is 16.3. The second-order valence-electron chi connectivity index (χ2n) is 3.93. The van der Waals surface area contributed by atoms with Crippen molar-refractivity contribution in [3.05, 3.63) is 25.3 Å². The van der Waals surface area contributed by atoms with Gasteiger partial charge in [0.15, 0.2) is 0 Å². The first-order valence-electron chi connectivity index (χ1n) is 5.50. The molecule has 0 aromatic heterocycles.